The molecule has 0 amide bonds. The fourth-order valence-electron chi connectivity index (χ4n) is 2.72. The van der Waals surface area contributed by atoms with Crippen LogP contribution in [0.4, 0.5) is 5.69 Å². The van der Waals surface area contributed by atoms with Crippen molar-refractivity contribution in [1.29, 1.82) is 0 Å². The number of aromatic nitrogens is 2. The zero-order valence-electron chi connectivity index (χ0n) is 12.7. The number of nitrogens with zero attached hydrogens (tertiary/aromatic N) is 3. The Balaban J connectivity index is 2.00. The maximum atomic E-state index is 12.5. The highest BCUT2D eigenvalue weighted by atomic mass is 35.5. The summed E-state index contributed by atoms with van der Waals surface area (Å²) in [7, 11) is 0. The largest absolute Gasteiger partial charge is 0.391 e. The number of hydrogen-bond donors (Lipinski definition) is 1. The van der Waals surface area contributed by atoms with Crippen molar-refractivity contribution in [2.45, 2.75) is 25.9 Å². The molecule has 2 aromatic rings. The average molecular weight is 354 g/mol. The lowest BCUT2D eigenvalue weighted by molar-refractivity contribution is 0.154. The Morgan fingerprint density at radius 1 is 1.35 bits per heavy atom. The maximum Gasteiger partial charge on any atom is 0.292 e. The van der Waals surface area contributed by atoms with E-state index in [1.54, 1.807) is 18.3 Å². The van der Waals surface area contributed by atoms with E-state index < -0.39 is 11.7 Å². The van der Waals surface area contributed by atoms with E-state index in [0.29, 0.717) is 22.9 Å². The third-order valence-electron chi connectivity index (χ3n) is 4.04. The van der Waals surface area contributed by atoms with Crippen molar-refractivity contribution in [3.63, 3.8) is 0 Å². The second-order valence-electron chi connectivity index (χ2n) is 5.74. The highest BCUT2D eigenvalue weighted by Crippen LogP contribution is 2.25. The van der Waals surface area contributed by atoms with E-state index in [1.165, 1.54) is 4.68 Å². The van der Waals surface area contributed by atoms with E-state index in [9.17, 15) is 9.90 Å². The molecule has 0 bridgehead atoms. The Morgan fingerprint density at radius 2 is 2.13 bits per heavy atom. The predicted octanol–water partition coefficient (Wildman–Crippen LogP) is 2.81. The van der Waals surface area contributed by atoms with Crippen LogP contribution in [0.2, 0.25) is 10.0 Å². The van der Waals surface area contributed by atoms with Crippen LogP contribution in [0.1, 0.15) is 18.4 Å². The summed E-state index contributed by atoms with van der Waals surface area (Å²) < 4.78 is 1.23. The van der Waals surface area contributed by atoms with Gasteiger partial charge in [0.15, 0.2) is 0 Å². The SMILES string of the molecule is Cc1ccc(-n2ncc(N3CCC[C@H](O)C3)c(Cl)c2=O)cc1Cl. The summed E-state index contributed by atoms with van der Waals surface area (Å²) in [4.78, 5) is 14.4. The standard InChI is InChI=1S/C16H17Cl2N3O2/c1-10-4-5-11(7-13(10)17)21-16(23)15(18)14(8-19-21)20-6-2-3-12(22)9-20/h4-5,7-8,12,22H,2-3,6,9H2,1H3/t12-/m0/s1. The fourth-order valence-corrected chi connectivity index (χ4v) is 3.14. The van der Waals surface area contributed by atoms with Gasteiger partial charge in [-0.3, -0.25) is 4.79 Å². The Bertz CT molecular complexity index is 791. The first kappa shape index (κ1) is 16.3. The lowest BCUT2D eigenvalue weighted by Crippen LogP contribution is -2.39. The molecule has 1 N–H and O–H groups in total. The van der Waals surface area contributed by atoms with E-state index in [-0.39, 0.29) is 5.02 Å². The van der Waals surface area contributed by atoms with Crippen molar-refractivity contribution in [3.05, 3.63) is 50.4 Å². The molecule has 1 aromatic heterocycles. The van der Waals surface area contributed by atoms with Gasteiger partial charge >= 0.3 is 0 Å². The summed E-state index contributed by atoms with van der Waals surface area (Å²) >= 11 is 12.4. The zero-order chi connectivity index (χ0) is 16.6. The molecule has 5 nitrogen and oxygen atoms in total. The van der Waals surface area contributed by atoms with Crippen LogP contribution in [0.25, 0.3) is 5.69 Å². The van der Waals surface area contributed by atoms with Crippen molar-refractivity contribution in [3.8, 4) is 5.69 Å². The molecule has 2 heterocycles. The fraction of sp³-hybridized carbons (Fsp3) is 0.375. The van der Waals surface area contributed by atoms with Crippen LogP contribution >= 0.6 is 23.2 Å². The molecule has 0 unspecified atom stereocenters. The number of benzene rings is 1. The van der Waals surface area contributed by atoms with Gasteiger partial charge < -0.3 is 10.0 Å². The number of piperidine rings is 1. The van der Waals surface area contributed by atoms with Crippen LogP contribution in [-0.4, -0.2) is 34.1 Å². The van der Waals surface area contributed by atoms with Gasteiger partial charge in [0.1, 0.15) is 5.02 Å². The van der Waals surface area contributed by atoms with Crippen molar-refractivity contribution in [2.24, 2.45) is 0 Å². The van der Waals surface area contributed by atoms with E-state index >= 15 is 0 Å². The Hall–Kier alpha value is -1.56. The molecule has 0 radical (unpaired) electrons. The number of aliphatic hydroxyl groups excluding tert-OH is 1. The molecule has 122 valence electrons. The van der Waals surface area contributed by atoms with Crippen LogP contribution in [-0.2, 0) is 0 Å². The number of hydrogen-bond acceptors (Lipinski definition) is 4. The molecule has 0 aliphatic carbocycles. The quantitative estimate of drug-likeness (QED) is 0.901. The number of β-amino-alcohol motifs (C(OH)–C–C–N with tert-alkyl or cyclic N) is 1. The van der Waals surface area contributed by atoms with Crippen LogP contribution in [0.5, 0.6) is 0 Å². The normalized spacial score (nSPS) is 18.3. The minimum atomic E-state index is -0.404. The van der Waals surface area contributed by atoms with Gasteiger partial charge in [0.2, 0.25) is 0 Å². The first-order chi connectivity index (χ1) is 11.0. The van der Waals surface area contributed by atoms with E-state index in [1.807, 2.05) is 17.9 Å². The molecular formula is C16H17Cl2N3O2. The second-order valence-corrected chi connectivity index (χ2v) is 6.52. The molecular weight excluding hydrogens is 337 g/mol. The predicted molar refractivity (Wildman–Crippen MR) is 92.0 cm³/mol. The highest BCUT2D eigenvalue weighted by Gasteiger charge is 2.22. The summed E-state index contributed by atoms with van der Waals surface area (Å²) in [5, 5.41) is 14.7. The zero-order valence-corrected chi connectivity index (χ0v) is 14.2. The molecule has 1 aliphatic rings. The third kappa shape index (κ3) is 3.22. The van der Waals surface area contributed by atoms with E-state index in [4.69, 9.17) is 23.2 Å². The van der Waals surface area contributed by atoms with Gasteiger partial charge in [0, 0.05) is 18.1 Å². The summed E-state index contributed by atoms with van der Waals surface area (Å²) in [6.45, 7) is 3.10. The van der Waals surface area contributed by atoms with Crippen LogP contribution in [0, 0.1) is 6.92 Å². The van der Waals surface area contributed by atoms with Crippen molar-refractivity contribution in [1.82, 2.24) is 9.78 Å². The van der Waals surface area contributed by atoms with Crippen molar-refractivity contribution < 1.29 is 5.11 Å². The first-order valence-corrected chi connectivity index (χ1v) is 8.20. The minimum Gasteiger partial charge on any atom is -0.391 e. The van der Waals surface area contributed by atoms with Crippen LogP contribution in [0.15, 0.2) is 29.2 Å². The summed E-state index contributed by atoms with van der Waals surface area (Å²) in [6.07, 6.45) is 2.78. The Morgan fingerprint density at radius 3 is 2.83 bits per heavy atom. The number of halogens is 2. The first-order valence-electron chi connectivity index (χ1n) is 7.44. The number of aryl methyl sites for hydroxylation is 1. The summed E-state index contributed by atoms with van der Waals surface area (Å²) in [5.74, 6) is 0. The molecule has 1 aliphatic heterocycles. The van der Waals surface area contributed by atoms with Crippen LogP contribution < -0.4 is 10.5 Å². The van der Waals surface area contributed by atoms with Gasteiger partial charge in [-0.15, -0.1) is 0 Å². The van der Waals surface area contributed by atoms with Gasteiger partial charge in [-0.2, -0.15) is 9.78 Å². The van der Waals surface area contributed by atoms with E-state index in [0.717, 1.165) is 24.9 Å². The van der Waals surface area contributed by atoms with Gasteiger partial charge in [-0.25, -0.2) is 0 Å². The molecule has 23 heavy (non-hydrogen) atoms. The smallest absolute Gasteiger partial charge is 0.292 e. The van der Waals surface area contributed by atoms with Crippen molar-refractivity contribution >= 4 is 28.9 Å². The monoisotopic (exact) mass is 353 g/mol. The van der Waals surface area contributed by atoms with E-state index in [2.05, 4.69) is 5.10 Å². The van der Waals surface area contributed by atoms with Gasteiger partial charge in [-0.1, -0.05) is 29.3 Å². The second kappa shape index (κ2) is 6.51. The van der Waals surface area contributed by atoms with Gasteiger partial charge in [0.25, 0.3) is 5.56 Å². The average Bonchev–Trinajstić information content (AvgIpc) is 2.53. The molecule has 0 saturated carbocycles. The summed E-state index contributed by atoms with van der Waals surface area (Å²) in [6, 6.07) is 5.29. The Kier molecular flexibility index (Phi) is 4.62. The molecule has 3 rings (SSSR count). The molecule has 7 heteroatoms. The molecule has 0 spiro atoms. The highest BCUT2D eigenvalue weighted by molar-refractivity contribution is 6.33. The lowest BCUT2D eigenvalue weighted by atomic mass is 10.1. The number of aliphatic hydroxyl groups is 1. The lowest BCUT2D eigenvalue weighted by Gasteiger charge is -2.32. The van der Waals surface area contributed by atoms with Gasteiger partial charge in [-0.05, 0) is 37.5 Å². The molecule has 1 atom stereocenters. The minimum absolute atomic E-state index is 0.103. The Labute approximate surface area is 144 Å². The van der Waals surface area contributed by atoms with Gasteiger partial charge in [0.05, 0.1) is 23.7 Å². The molecule has 1 aromatic carbocycles. The number of anilines is 1. The van der Waals surface area contributed by atoms with Crippen LogP contribution in [0.3, 0.4) is 0 Å². The molecule has 1 saturated heterocycles. The summed E-state index contributed by atoms with van der Waals surface area (Å²) in [5.41, 5.74) is 1.65. The third-order valence-corrected chi connectivity index (χ3v) is 4.80. The van der Waals surface area contributed by atoms with Crippen molar-refractivity contribution in [2.75, 3.05) is 18.0 Å². The molecule has 1 fully saturated rings. The topological polar surface area (TPSA) is 58.4 Å². The maximum absolute atomic E-state index is 12.5. The number of rotatable bonds is 2.